The molecule has 3 nitrogen and oxygen atoms in total. The molecule has 0 aromatic heterocycles. The van der Waals surface area contributed by atoms with Crippen molar-refractivity contribution >= 4 is 11.5 Å². The predicted molar refractivity (Wildman–Crippen MR) is 30.9 cm³/mol. The van der Waals surface area contributed by atoms with Crippen LogP contribution in [-0.4, -0.2) is 14.3 Å². The molecule has 0 saturated heterocycles. The molecule has 0 aromatic rings. The van der Waals surface area contributed by atoms with Crippen LogP contribution in [0.5, 0.6) is 0 Å². The highest BCUT2D eigenvalue weighted by molar-refractivity contribution is 7.09. The maximum Gasteiger partial charge on any atom is 0.161 e. The Kier molecular flexibility index (Phi) is 0.648. The van der Waals surface area contributed by atoms with Crippen molar-refractivity contribution in [3.8, 4) is 10.7 Å². The number of fused-ring (bicyclic) bond motifs is 1. The molecule has 0 unspecified atom stereocenters. The first-order chi connectivity index (χ1) is 3.97. The van der Waals surface area contributed by atoms with Crippen LogP contribution in [0.15, 0.2) is 12.5 Å². The standard InChI is InChI=1S/C4H3N3S/c1-3-4(8-7-1)6-2-5-3/h1-2,7H. The van der Waals surface area contributed by atoms with E-state index in [1.807, 2.05) is 6.20 Å². The Labute approximate surface area is 49.9 Å². The van der Waals surface area contributed by atoms with Gasteiger partial charge in [0.15, 0.2) is 5.01 Å². The van der Waals surface area contributed by atoms with E-state index in [1.54, 1.807) is 6.33 Å². The fourth-order valence-electron chi connectivity index (χ4n) is 0.584. The van der Waals surface area contributed by atoms with Crippen LogP contribution in [0, 0.1) is 0 Å². The van der Waals surface area contributed by atoms with Crippen LogP contribution in [0.3, 0.4) is 0 Å². The number of nitrogens with zero attached hydrogens (tertiary/aromatic N) is 2. The van der Waals surface area contributed by atoms with Crippen LogP contribution in [0.4, 0.5) is 0 Å². The molecule has 1 N–H and O–H groups in total. The average molecular weight is 125 g/mol. The Balaban J connectivity index is 2.84. The molecule has 2 heterocycles. The molecule has 0 spiro atoms. The number of aromatic amines is 1. The molecule has 0 fully saturated rings. The van der Waals surface area contributed by atoms with Crippen molar-refractivity contribution in [1.29, 1.82) is 0 Å². The van der Waals surface area contributed by atoms with E-state index in [9.17, 15) is 0 Å². The summed E-state index contributed by atoms with van der Waals surface area (Å²) in [6.07, 6.45) is 3.40. The van der Waals surface area contributed by atoms with E-state index in [0.717, 1.165) is 10.7 Å². The summed E-state index contributed by atoms with van der Waals surface area (Å²) in [6, 6.07) is 0. The van der Waals surface area contributed by atoms with Crippen LogP contribution in [0.1, 0.15) is 0 Å². The van der Waals surface area contributed by atoms with Crippen molar-refractivity contribution in [2.24, 2.45) is 0 Å². The van der Waals surface area contributed by atoms with E-state index in [1.165, 1.54) is 11.5 Å². The highest BCUT2D eigenvalue weighted by Crippen LogP contribution is 2.18. The third-order valence-corrected chi connectivity index (χ3v) is 1.69. The Morgan fingerprint density at radius 3 is 3.38 bits per heavy atom. The number of H-pyrrole nitrogens is 1. The quantitative estimate of drug-likeness (QED) is 0.570. The van der Waals surface area contributed by atoms with Crippen molar-refractivity contribution in [2.45, 2.75) is 0 Å². The summed E-state index contributed by atoms with van der Waals surface area (Å²) in [5, 5.41) is 0.977. The van der Waals surface area contributed by atoms with Crippen LogP contribution in [-0.2, 0) is 0 Å². The molecule has 0 amide bonds. The minimum Gasteiger partial charge on any atom is -0.314 e. The van der Waals surface area contributed by atoms with Crippen molar-refractivity contribution in [2.75, 3.05) is 0 Å². The van der Waals surface area contributed by atoms with Gasteiger partial charge in [0.2, 0.25) is 0 Å². The molecule has 0 aromatic carbocycles. The number of nitrogens with one attached hydrogen (secondary N) is 1. The van der Waals surface area contributed by atoms with Gasteiger partial charge in [-0.1, -0.05) is 0 Å². The van der Waals surface area contributed by atoms with Crippen LogP contribution in [0.2, 0.25) is 0 Å². The minimum absolute atomic E-state index is 0.954. The van der Waals surface area contributed by atoms with E-state index >= 15 is 0 Å². The second-order valence-corrected chi connectivity index (χ2v) is 2.25. The highest BCUT2D eigenvalue weighted by atomic mass is 32.1. The van der Waals surface area contributed by atoms with Gasteiger partial charge < -0.3 is 4.37 Å². The summed E-state index contributed by atoms with van der Waals surface area (Å²) in [5.74, 6) is 0. The first-order valence-electron chi connectivity index (χ1n) is 2.20. The largest absolute Gasteiger partial charge is 0.314 e. The predicted octanol–water partition coefficient (Wildman–Crippen LogP) is 0.971. The van der Waals surface area contributed by atoms with Gasteiger partial charge in [-0.2, -0.15) is 0 Å². The molecular weight excluding hydrogens is 122 g/mol. The van der Waals surface area contributed by atoms with Crippen molar-refractivity contribution in [3.05, 3.63) is 12.5 Å². The molecule has 40 valence electrons. The lowest BCUT2D eigenvalue weighted by Crippen LogP contribution is -1.60. The zero-order chi connectivity index (χ0) is 5.40. The smallest absolute Gasteiger partial charge is 0.161 e. The lowest BCUT2D eigenvalue weighted by molar-refractivity contribution is 1.32. The summed E-state index contributed by atoms with van der Waals surface area (Å²) >= 11 is 1.50. The molecule has 0 saturated carbocycles. The number of aromatic nitrogens is 3. The maximum absolute atomic E-state index is 3.95. The normalized spacial score (nSPS) is 10.5. The fourth-order valence-corrected chi connectivity index (χ4v) is 1.18. The first kappa shape index (κ1) is 4.03. The zero-order valence-corrected chi connectivity index (χ0v) is 4.77. The second-order valence-electron chi connectivity index (χ2n) is 1.43. The summed E-state index contributed by atoms with van der Waals surface area (Å²) in [5.41, 5.74) is 0.954. The fraction of sp³-hybridized carbons (Fsp3) is 0. The SMILES string of the molecule is c1nc2c[nH]sc-2n1. The topological polar surface area (TPSA) is 41.6 Å². The summed E-state index contributed by atoms with van der Waals surface area (Å²) in [7, 11) is 0. The van der Waals surface area contributed by atoms with Crippen LogP contribution < -0.4 is 0 Å². The second kappa shape index (κ2) is 1.29. The van der Waals surface area contributed by atoms with Gasteiger partial charge in [0.05, 0.1) is 0 Å². The molecule has 2 aliphatic rings. The third-order valence-electron chi connectivity index (χ3n) is 0.942. The molecule has 8 heavy (non-hydrogen) atoms. The van der Waals surface area contributed by atoms with E-state index in [4.69, 9.17) is 0 Å². The average Bonchev–Trinajstić information content (AvgIpc) is 2.15. The Morgan fingerprint density at radius 1 is 1.50 bits per heavy atom. The van der Waals surface area contributed by atoms with Crippen LogP contribution >= 0.6 is 11.5 Å². The third kappa shape index (κ3) is 0.376. The molecular formula is C4H3N3S. The van der Waals surface area contributed by atoms with Gasteiger partial charge in [-0.25, -0.2) is 9.97 Å². The van der Waals surface area contributed by atoms with Gasteiger partial charge in [0, 0.05) is 6.20 Å². The van der Waals surface area contributed by atoms with Crippen molar-refractivity contribution in [1.82, 2.24) is 14.3 Å². The van der Waals surface area contributed by atoms with E-state index < -0.39 is 0 Å². The number of imidazole rings is 1. The van der Waals surface area contributed by atoms with Gasteiger partial charge in [-0.15, -0.1) is 0 Å². The van der Waals surface area contributed by atoms with Gasteiger partial charge in [0.1, 0.15) is 12.0 Å². The lowest BCUT2D eigenvalue weighted by atomic mass is 10.5. The monoisotopic (exact) mass is 125 g/mol. The molecule has 0 bridgehead atoms. The molecule has 0 atom stereocenters. The first-order valence-corrected chi connectivity index (χ1v) is 3.02. The van der Waals surface area contributed by atoms with Crippen molar-refractivity contribution in [3.63, 3.8) is 0 Å². The molecule has 2 rings (SSSR count). The van der Waals surface area contributed by atoms with Crippen LogP contribution in [0.25, 0.3) is 10.7 Å². The van der Waals surface area contributed by atoms with Gasteiger partial charge in [0.25, 0.3) is 0 Å². The van der Waals surface area contributed by atoms with Gasteiger partial charge in [-0.05, 0) is 11.5 Å². The van der Waals surface area contributed by atoms with Crippen molar-refractivity contribution < 1.29 is 0 Å². The molecule has 0 radical (unpaired) electrons. The van der Waals surface area contributed by atoms with E-state index in [-0.39, 0.29) is 0 Å². The molecule has 4 heteroatoms. The molecule has 2 aliphatic heterocycles. The van der Waals surface area contributed by atoms with Gasteiger partial charge in [-0.3, -0.25) is 0 Å². The van der Waals surface area contributed by atoms with E-state index in [2.05, 4.69) is 14.3 Å². The summed E-state index contributed by atoms with van der Waals surface area (Å²) in [6.45, 7) is 0. The summed E-state index contributed by atoms with van der Waals surface area (Å²) < 4.78 is 2.93. The Hall–Kier alpha value is -0.900. The van der Waals surface area contributed by atoms with Gasteiger partial charge >= 0.3 is 0 Å². The molecule has 0 aliphatic carbocycles. The Morgan fingerprint density at radius 2 is 2.50 bits per heavy atom. The maximum atomic E-state index is 3.95. The number of rotatable bonds is 0. The number of hydrogen-bond donors (Lipinski definition) is 1. The Bertz CT molecular complexity index is 203. The minimum atomic E-state index is 0.954. The lowest BCUT2D eigenvalue weighted by Gasteiger charge is -1.70. The number of hydrogen-bond acceptors (Lipinski definition) is 3. The van der Waals surface area contributed by atoms with E-state index in [0.29, 0.717) is 0 Å². The summed E-state index contributed by atoms with van der Waals surface area (Å²) in [4.78, 5) is 7.90. The highest BCUT2D eigenvalue weighted by Gasteiger charge is 2.03. The zero-order valence-electron chi connectivity index (χ0n) is 3.96.